The monoisotopic (exact) mass is 280 g/mol. The molecule has 2 heterocycles. The molecule has 1 aromatic carbocycles. The molecule has 0 aliphatic carbocycles. The molecule has 0 aromatic heterocycles. The lowest BCUT2D eigenvalue weighted by Crippen LogP contribution is -2.39. The largest absolute Gasteiger partial charge is 0.370 e. The fraction of sp³-hybridized carbons (Fsp3) is 0.625. The Morgan fingerprint density at radius 1 is 0.842 bits per heavy atom. The Labute approximate surface area is 123 Å². The van der Waals surface area contributed by atoms with Gasteiger partial charge in [0.15, 0.2) is 0 Å². The summed E-state index contributed by atoms with van der Waals surface area (Å²) in [6.45, 7) is 6.32. The van der Waals surface area contributed by atoms with Crippen molar-refractivity contribution in [2.45, 2.75) is 32.1 Å². The molecule has 3 rings (SSSR count). The Bertz CT molecular complexity index is 388. The minimum Gasteiger partial charge on any atom is -0.370 e. The summed E-state index contributed by atoms with van der Waals surface area (Å²) < 4.78 is 0. The number of hydrogen-bond acceptors (Lipinski definition) is 2. The quantitative estimate of drug-likeness (QED) is 0.838. The lowest BCUT2D eigenvalue weighted by Gasteiger charge is -2.34. The summed E-state index contributed by atoms with van der Waals surface area (Å²) in [7, 11) is 0. The van der Waals surface area contributed by atoms with Gasteiger partial charge in [0, 0.05) is 25.3 Å². The molecule has 0 spiro atoms. The maximum atomic E-state index is 2.64. The van der Waals surface area contributed by atoms with Crippen LogP contribution < -0.4 is 4.90 Å². The van der Waals surface area contributed by atoms with Crippen molar-refractivity contribution in [3.8, 4) is 0 Å². The first-order valence-electron chi connectivity index (χ1n) is 7.49. The van der Waals surface area contributed by atoms with Gasteiger partial charge in [-0.1, -0.05) is 24.6 Å². The van der Waals surface area contributed by atoms with Crippen LogP contribution in [0.1, 0.15) is 31.2 Å². The number of nitrogens with zero attached hydrogens (tertiary/aromatic N) is 2. The smallest absolute Gasteiger partial charge is 0.0399 e. The number of fused-ring (bicyclic) bond motifs is 1. The van der Waals surface area contributed by atoms with Gasteiger partial charge in [-0.15, -0.1) is 12.4 Å². The first-order valence-corrected chi connectivity index (χ1v) is 7.49. The van der Waals surface area contributed by atoms with Crippen molar-refractivity contribution in [1.29, 1.82) is 0 Å². The van der Waals surface area contributed by atoms with E-state index in [2.05, 4.69) is 34.1 Å². The van der Waals surface area contributed by atoms with E-state index in [0.29, 0.717) is 0 Å². The molecule has 0 saturated carbocycles. The molecule has 0 N–H and O–H groups in total. The van der Waals surface area contributed by atoms with Gasteiger partial charge >= 0.3 is 0 Å². The zero-order chi connectivity index (χ0) is 12.2. The molecule has 19 heavy (non-hydrogen) atoms. The first-order chi connectivity index (χ1) is 8.93. The van der Waals surface area contributed by atoms with Crippen molar-refractivity contribution >= 4 is 18.1 Å². The van der Waals surface area contributed by atoms with Gasteiger partial charge in [-0.2, -0.15) is 0 Å². The van der Waals surface area contributed by atoms with Crippen LogP contribution in [-0.2, 0) is 6.42 Å². The Morgan fingerprint density at radius 3 is 2.47 bits per heavy atom. The topological polar surface area (TPSA) is 6.48 Å². The van der Waals surface area contributed by atoms with E-state index in [4.69, 9.17) is 0 Å². The Balaban J connectivity index is 0.00000133. The van der Waals surface area contributed by atoms with Gasteiger partial charge < -0.3 is 9.80 Å². The molecular weight excluding hydrogens is 256 g/mol. The molecule has 2 nitrogen and oxygen atoms in total. The molecule has 1 saturated heterocycles. The standard InChI is InChI=1S/C16H24N2.ClH/c1-4-10-17(11-5-1)13-14-18-12-6-8-15-7-2-3-9-16(15)18;/h2-3,7,9H,1,4-6,8,10-14H2;1H. The molecule has 106 valence electrons. The van der Waals surface area contributed by atoms with Gasteiger partial charge in [-0.3, -0.25) is 0 Å². The van der Waals surface area contributed by atoms with Gasteiger partial charge in [0.2, 0.25) is 0 Å². The van der Waals surface area contributed by atoms with E-state index in [1.165, 1.54) is 70.5 Å². The van der Waals surface area contributed by atoms with Gasteiger partial charge in [-0.25, -0.2) is 0 Å². The highest BCUT2D eigenvalue weighted by molar-refractivity contribution is 5.85. The van der Waals surface area contributed by atoms with Crippen molar-refractivity contribution in [2.24, 2.45) is 0 Å². The van der Waals surface area contributed by atoms with Crippen molar-refractivity contribution in [3.05, 3.63) is 29.8 Å². The fourth-order valence-electron chi connectivity index (χ4n) is 3.29. The Morgan fingerprint density at radius 2 is 1.63 bits per heavy atom. The van der Waals surface area contributed by atoms with Crippen LogP contribution in [-0.4, -0.2) is 37.6 Å². The number of anilines is 1. The van der Waals surface area contributed by atoms with Crippen LogP contribution >= 0.6 is 12.4 Å². The summed E-state index contributed by atoms with van der Waals surface area (Å²) in [5, 5.41) is 0. The maximum Gasteiger partial charge on any atom is 0.0399 e. The summed E-state index contributed by atoms with van der Waals surface area (Å²) in [6, 6.07) is 8.94. The van der Waals surface area contributed by atoms with Crippen molar-refractivity contribution in [2.75, 3.05) is 37.6 Å². The maximum absolute atomic E-state index is 2.64. The van der Waals surface area contributed by atoms with Crippen LogP contribution in [0.25, 0.3) is 0 Å². The molecule has 3 heteroatoms. The van der Waals surface area contributed by atoms with E-state index in [0.717, 1.165) is 0 Å². The third-order valence-electron chi connectivity index (χ3n) is 4.34. The normalized spacial score (nSPS) is 19.7. The SMILES string of the molecule is Cl.c1ccc2c(c1)CCCN2CCN1CCCCC1. The van der Waals surface area contributed by atoms with E-state index in [-0.39, 0.29) is 12.4 Å². The third kappa shape index (κ3) is 3.64. The highest BCUT2D eigenvalue weighted by Crippen LogP contribution is 2.26. The highest BCUT2D eigenvalue weighted by Gasteiger charge is 2.17. The van der Waals surface area contributed by atoms with Crippen LogP contribution in [0.5, 0.6) is 0 Å². The number of benzene rings is 1. The second-order valence-electron chi connectivity index (χ2n) is 5.62. The summed E-state index contributed by atoms with van der Waals surface area (Å²) in [5.74, 6) is 0. The first kappa shape index (κ1) is 14.7. The van der Waals surface area contributed by atoms with Crippen molar-refractivity contribution < 1.29 is 0 Å². The Kier molecular flexibility index (Phi) is 5.53. The lowest BCUT2D eigenvalue weighted by molar-refractivity contribution is 0.233. The van der Waals surface area contributed by atoms with Crippen LogP contribution in [0.2, 0.25) is 0 Å². The van der Waals surface area contributed by atoms with Gasteiger partial charge in [0.1, 0.15) is 0 Å². The van der Waals surface area contributed by atoms with Crippen LogP contribution in [0.15, 0.2) is 24.3 Å². The molecular formula is C16H25ClN2. The summed E-state index contributed by atoms with van der Waals surface area (Å²) in [5.41, 5.74) is 3.03. The summed E-state index contributed by atoms with van der Waals surface area (Å²) in [4.78, 5) is 5.23. The van der Waals surface area contributed by atoms with Crippen LogP contribution in [0.3, 0.4) is 0 Å². The zero-order valence-electron chi connectivity index (χ0n) is 11.7. The fourth-order valence-corrected chi connectivity index (χ4v) is 3.29. The van der Waals surface area contributed by atoms with Crippen molar-refractivity contribution in [3.63, 3.8) is 0 Å². The molecule has 0 unspecified atom stereocenters. The number of likely N-dealkylation sites (tertiary alicyclic amines) is 1. The predicted octanol–water partition coefficient (Wildman–Crippen LogP) is 3.35. The zero-order valence-corrected chi connectivity index (χ0v) is 12.5. The number of rotatable bonds is 3. The summed E-state index contributed by atoms with van der Waals surface area (Å²) >= 11 is 0. The number of halogens is 1. The molecule has 1 aromatic rings. The molecule has 2 aliphatic rings. The van der Waals surface area contributed by atoms with Crippen molar-refractivity contribution in [1.82, 2.24) is 4.90 Å². The molecule has 0 atom stereocenters. The molecule has 1 fully saturated rings. The second-order valence-corrected chi connectivity index (χ2v) is 5.62. The van der Waals surface area contributed by atoms with Crippen LogP contribution in [0.4, 0.5) is 5.69 Å². The van der Waals surface area contributed by atoms with Gasteiger partial charge in [-0.05, 0) is 50.4 Å². The predicted molar refractivity (Wildman–Crippen MR) is 84.5 cm³/mol. The molecule has 0 radical (unpaired) electrons. The van der Waals surface area contributed by atoms with Gasteiger partial charge in [0.05, 0.1) is 0 Å². The van der Waals surface area contributed by atoms with E-state index in [9.17, 15) is 0 Å². The van der Waals surface area contributed by atoms with Crippen LogP contribution in [0, 0.1) is 0 Å². The van der Waals surface area contributed by atoms with E-state index >= 15 is 0 Å². The lowest BCUT2D eigenvalue weighted by atomic mass is 10.0. The highest BCUT2D eigenvalue weighted by atomic mass is 35.5. The second kappa shape index (κ2) is 7.16. The average Bonchev–Trinajstić information content (AvgIpc) is 2.46. The number of piperidine rings is 1. The average molecular weight is 281 g/mol. The molecule has 0 bridgehead atoms. The minimum atomic E-state index is 0. The van der Waals surface area contributed by atoms with E-state index in [1.807, 2.05) is 0 Å². The Hall–Kier alpha value is -0.730. The minimum absolute atomic E-state index is 0. The third-order valence-corrected chi connectivity index (χ3v) is 4.34. The molecule has 2 aliphatic heterocycles. The van der Waals surface area contributed by atoms with Gasteiger partial charge in [0.25, 0.3) is 0 Å². The number of para-hydroxylation sites is 1. The summed E-state index contributed by atoms with van der Waals surface area (Å²) in [6.07, 6.45) is 6.81. The number of aryl methyl sites for hydroxylation is 1. The van der Waals surface area contributed by atoms with E-state index < -0.39 is 0 Å². The molecule has 0 amide bonds. The number of hydrogen-bond donors (Lipinski definition) is 0. The van der Waals surface area contributed by atoms with E-state index in [1.54, 1.807) is 5.56 Å².